The molecule has 140 valence electrons. The molecule has 0 fully saturated rings. The van der Waals surface area contributed by atoms with E-state index in [1.807, 2.05) is 0 Å². The topological polar surface area (TPSA) is 98.6 Å². The molecule has 2 aromatic heterocycles. The van der Waals surface area contributed by atoms with E-state index >= 15 is 0 Å². The van der Waals surface area contributed by atoms with Crippen LogP contribution in [-0.2, 0) is 30.5 Å². The minimum atomic E-state index is -0.185. The van der Waals surface area contributed by atoms with Crippen molar-refractivity contribution in [3.05, 3.63) is 37.6 Å². The van der Waals surface area contributed by atoms with E-state index in [1.165, 1.54) is 28.0 Å². The normalized spacial score (nSPS) is 15.5. The Morgan fingerprint density at radius 1 is 1.19 bits per heavy atom. The summed E-state index contributed by atoms with van der Waals surface area (Å²) in [6.07, 6.45) is 7.82. The average molecular weight is 401 g/mol. The highest BCUT2D eigenvalue weighted by molar-refractivity contribution is 7.99. The molecule has 6 nitrogen and oxygen atoms in total. The van der Waals surface area contributed by atoms with Crippen molar-refractivity contribution in [1.82, 2.24) is 9.97 Å². The molecule has 0 saturated heterocycles. The number of thioether (sulfide) groups is 1. The number of carbonyl (C=O) groups excluding carboxylic acids is 1. The smallest absolute Gasteiger partial charge is 0.254 e. The van der Waals surface area contributed by atoms with Gasteiger partial charge < -0.3 is 10.3 Å². The first kappa shape index (κ1) is 18.3. The molecule has 1 amide bonds. The van der Waals surface area contributed by atoms with Gasteiger partial charge in [-0.2, -0.15) is 5.26 Å². The van der Waals surface area contributed by atoms with Crippen molar-refractivity contribution in [3.63, 3.8) is 0 Å². The number of nitrogens with one attached hydrogen (secondary N) is 2. The van der Waals surface area contributed by atoms with E-state index < -0.39 is 0 Å². The fourth-order valence-corrected chi connectivity index (χ4v) is 5.65. The molecule has 2 N–H and O–H groups in total. The lowest BCUT2D eigenvalue weighted by molar-refractivity contribution is -0.113. The van der Waals surface area contributed by atoms with E-state index in [9.17, 15) is 14.9 Å². The first-order chi connectivity index (χ1) is 13.2. The summed E-state index contributed by atoms with van der Waals surface area (Å²) in [5.74, 6) is -0.0368. The molecule has 0 aliphatic heterocycles. The molecule has 0 atom stereocenters. The lowest BCUT2D eigenvalue weighted by Crippen LogP contribution is -2.22. The minimum absolute atomic E-state index is 0.0830. The fraction of sp³-hybridized carbons (Fsp3) is 0.474. The molecule has 4 rings (SSSR count). The van der Waals surface area contributed by atoms with E-state index in [-0.39, 0.29) is 17.2 Å². The summed E-state index contributed by atoms with van der Waals surface area (Å²) in [7, 11) is 0. The van der Waals surface area contributed by atoms with Crippen LogP contribution in [0.25, 0.3) is 0 Å². The van der Waals surface area contributed by atoms with E-state index in [1.54, 1.807) is 0 Å². The molecule has 2 aliphatic carbocycles. The summed E-state index contributed by atoms with van der Waals surface area (Å²) in [6.45, 7) is 0. The van der Waals surface area contributed by atoms with Crippen molar-refractivity contribution in [2.24, 2.45) is 0 Å². The Kier molecular flexibility index (Phi) is 5.32. The van der Waals surface area contributed by atoms with E-state index in [4.69, 9.17) is 0 Å². The number of nitriles is 1. The van der Waals surface area contributed by atoms with Gasteiger partial charge in [-0.25, -0.2) is 4.98 Å². The van der Waals surface area contributed by atoms with Gasteiger partial charge in [0.05, 0.1) is 17.0 Å². The molecule has 0 unspecified atom stereocenters. The molecule has 0 saturated carbocycles. The standard InChI is InChI=1S/C19H20N4O2S2/c20-9-13-11-5-2-4-8-15(11)27-18(13)22-16(24)10-26-19-21-14-7-3-1-6-12(14)17(25)23-19/h1-8,10H2,(H,22,24)(H,21,23,25). The van der Waals surface area contributed by atoms with Crippen LogP contribution in [0, 0.1) is 11.3 Å². The third-order valence-corrected chi connectivity index (χ3v) is 7.13. The quantitative estimate of drug-likeness (QED) is 0.607. The van der Waals surface area contributed by atoms with Gasteiger partial charge in [-0.05, 0) is 56.9 Å². The zero-order chi connectivity index (χ0) is 18.8. The molecule has 0 spiro atoms. The maximum Gasteiger partial charge on any atom is 0.254 e. The lowest BCUT2D eigenvalue weighted by Gasteiger charge is -2.14. The predicted molar refractivity (Wildman–Crippen MR) is 107 cm³/mol. The van der Waals surface area contributed by atoms with E-state index in [0.29, 0.717) is 15.7 Å². The number of aromatic amines is 1. The van der Waals surface area contributed by atoms with Gasteiger partial charge in [0.2, 0.25) is 5.91 Å². The Morgan fingerprint density at radius 2 is 1.93 bits per heavy atom. The van der Waals surface area contributed by atoms with Crippen molar-refractivity contribution < 1.29 is 4.79 Å². The Labute approximate surface area is 165 Å². The number of nitrogens with zero attached hydrogens (tertiary/aromatic N) is 2. The molecular weight excluding hydrogens is 380 g/mol. The van der Waals surface area contributed by atoms with E-state index in [0.717, 1.165) is 68.2 Å². The van der Waals surface area contributed by atoms with Gasteiger partial charge in [-0.15, -0.1) is 11.3 Å². The molecule has 0 radical (unpaired) electrons. The second kappa shape index (κ2) is 7.87. The second-order valence-electron chi connectivity index (χ2n) is 6.87. The van der Waals surface area contributed by atoms with Gasteiger partial charge in [-0.3, -0.25) is 9.59 Å². The molecular formula is C19H20N4O2S2. The van der Waals surface area contributed by atoms with Crippen molar-refractivity contribution in [2.75, 3.05) is 11.1 Å². The maximum absolute atomic E-state index is 12.4. The number of aromatic nitrogens is 2. The molecule has 2 aromatic rings. The van der Waals surface area contributed by atoms with Gasteiger partial charge in [0.15, 0.2) is 5.16 Å². The Morgan fingerprint density at radius 3 is 2.74 bits per heavy atom. The zero-order valence-corrected chi connectivity index (χ0v) is 16.5. The number of aryl methyl sites for hydroxylation is 2. The summed E-state index contributed by atoms with van der Waals surface area (Å²) >= 11 is 2.75. The minimum Gasteiger partial charge on any atom is -0.316 e. The molecule has 0 bridgehead atoms. The molecule has 8 heteroatoms. The Bertz CT molecular complexity index is 987. The molecule has 2 heterocycles. The Hall–Kier alpha value is -2.11. The number of anilines is 1. The number of hydrogen-bond acceptors (Lipinski definition) is 6. The summed E-state index contributed by atoms with van der Waals surface area (Å²) in [6, 6.07) is 2.25. The molecule has 2 aliphatic rings. The van der Waals surface area contributed by atoms with Crippen LogP contribution in [0.15, 0.2) is 9.95 Å². The van der Waals surface area contributed by atoms with Gasteiger partial charge in [0.25, 0.3) is 5.56 Å². The van der Waals surface area contributed by atoms with Gasteiger partial charge in [-0.1, -0.05) is 11.8 Å². The number of rotatable bonds is 4. The predicted octanol–water partition coefficient (Wildman–Crippen LogP) is 3.19. The van der Waals surface area contributed by atoms with E-state index in [2.05, 4.69) is 21.4 Å². The van der Waals surface area contributed by atoms with Crippen molar-refractivity contribution >= 4 is 34.0 Å². The third-order valence-electron chi connectivity index (χ3n) is 5.05. The highest BCUT2D eigenvalue weighted by Crippen LogP contribution is 2.37. The van der Waals surface area contributed by atoms with Crippen LogP contribution in [-0.4, -0.2) is 21.6 Å². The molecule has 0 aromatic carbocycles. The monoisotopic (exact) mass is 400 g/mol. The first-order valence-electron chi connectivity index (χ1n) is 9.25. The Balaban J connectivity index is 1.44. The van der Waals surface area contributed by atoms with Crippen LogP contribution in [0.4, 0.5) is 5.00 Å². The van der Waals surface area contributed by atoms with Gasteiger partial charge >= 0.3 is 0 Å². The number of thiophene rings is 1. The number of hydrogen-bond donors (Lipinski definition) is 2. The second-order valence-corrected chi connectivity index (χ2v) is 8.94. The molecule has 27 heavy (non-hydrogen) atoms. The third kappa shape index (κ3) is 3.80. The number of amides is 1. The average Bonchev–Trinajstić information content (AvgIpc) is 3.03. The number of H-pyrrole nitrogens is 1. The van der Waals surface area contributed by atoms with Crippen LogP contribution in [0.3, 0.4) is 0 Å². The van der Waals surface area contributed by atoms with Crippen molar-refractivity contribution in [1.29, 1.82) is 5.26 Å². The summed E-state index contributed by atoms with van der Waals surface area (Å²) in [5.41, 5.74) is 3.30. The highest BCUT2D eigenvalue weighted by atomic mass is 32.2. The van der Waals surface area contributed by atoms with Crippen LogP contribution < -0.4 is 10.9 Å². The first-order valence-corrected chi connectivity index (χ1v) is 11.0. The lowest BCUT2D eigenvalue weighted by atomic mass is 9.96. The highest BCUT2D eigenvalue weighted by Gasteiger charge is 2.22. The summed E-state index contributed by atoms with van der Waals surface area (Å²) < 4.78 is 0. The largest absolute Gasteiger partial charge is 0.316 e. The van der Waals surface area contributed by atoms with Crippen LogP contribution in [0.5, 0.6) is 0 Å². The van der Waals surface area contributed by atoms with Crippen LogP contribution >= 0.6 is 23.1 Å². The number of carbonyl (C=O) groups is 1. The summed E-state index contributed by atoms with van der Waals surface area (Å²) in [4.78, 5) is 33.1. The van der Waals surface area contributed by atoms with Gasteiger partial charge in [0, 0.05) is 10.4 Å². The summed E-state index contributed by atoms with van der Waals surface area (Å²) in [5, 5.41) is 13.5. The van der Waals surface area contributed by atoms with Crippen molar-refractivity contribution in [3.8, 4) is 6.07 Å². The van der Waals surface area contributed by atoms with Gasteiger partial charge in [0.1, 0.15) is 11.1 Å². The van der Waals surface area contributed by atoms with Crippen LogP contribution in [0.1, 0.15) is 52.9 Å². The van der Waals surface area contributed by atoms with Crippen LogP contribution in [0.2, 0.25) is 0 Å². The zero-order valence-electron chi connectivity index (χ0n) is 14.9. The van der Waals surface area contributed by atoms with Crippen molar-refractivity contribution in [2.45, 2.75) is 56.5 Å². The maximum atomic E-state index is 12.4. The number of fused-ring (bicyclic) bond motifs is 2. The fourth-order valence-electron chi connectivity index (χ4n) is 3.72. The SMILES string of the molecule is N#Cc1c(NC(=O)CSc2nc3c(c(=O)[nH]2)CCCC3)sc2c1CCCC2.